The van der Waals surface area contributed by atoms with Crippen molar-refractivity contribution < 1.29 is 9.32 Å². The fourth-order valence-corrected chi connectivity index (χ4v) is 3.30. The van der Waals surface area contributed by atoms with Crippen molar-refractivity contribution in [1.29, 1.82) is 0 Å². The van der Waals surface area contributed by atoms with E-state index in [4.69, 9.17) is 10.3 Å². The van der Waals surface area contributed by atoms with Crippen molar-refractivity contribution >= 4 is 29.7 Å². The van der Waals surface area contributed by atoms with Crippen molar-refractivity contribution in [2.24, 2.45) is 5.73 Å². The molecule has 0 spiro atoms. The first-order chi connectivity index (χ1) is 10.7. The molecule has 2 heterocycles. The van der Waals surface area contributed by atoms with Gasteiger partial charge in [0.15, 0.2) is 0 Å². The second kappa shape index (κ2) is 8.42. The predicted octanol–water partition coefficient (Wildman–Crippen LogP) is 2.54. The third-order valence-corrected chi connectivity index (χ3v) is 4.78. The minimum absolute atomic E-state index is 0. The Hall–Kier alpha value is -1.44. The van der Waals surface area contributed by atoms with E-state index >= 15 is 0 Å². The fourth-order valence-electron chi connectivity index (χ4n) is 2.65. The fraction of sp³-hybridized carbons (Fsp3) is 0.533. The highest BCUT2D eigenvalue weighted by Crippen LogP contribution is 2.21. The van der Waals surface area contributed by atoms with Crippen molar-refractivity contribution in [3.63, 3.8) is 0 Å². The van der Waals surface area contributed by atoms with Crippen molar-refractivity contribution in [1.82, 2.24) is 15.5 Å². The Kier molecular flexibility index (Phi) is 6.56. The molecular formula is C15H21ClN4O2S. The Morgan fingerprint density at radius 1 is 1.39 bits per heavy atom. The Morgan fingerprint density at radius 3 is 2.87 bits per heavy atom. The summed E-state index contributed by atoms with van der Waals surface area (Å²) in [5.41, 5.74) is 5.87. The van der Waals surface area contributed by atoms with Gasteiger partial charge in [0.1, 0.15) is 0 Å². The standard InChI is InChI=1S/C15H20N4O2S.ClH/c16-10-3-5-11(6-4-10)17-13(20)7-8-14-18-15(19-21-14)12-2-1-9-22-12;/h1-2,9-11H,3-8,16H2,(H,17,20);1H. The van der Waals surface area contributed by atoms with Gasteiger partial charge in [-0.2, -0.15) is 4.98 Å². The number of hydrogen-bond donors (Lipinski definition) is 2. The van der Waals surface area contributed by atoms with E-state index in [0.717, 1.165) is 30.6 Å². The van der Waals surface area contributed by atoms with E-state index in [-0.39, 0.29) is 24.4 Å². The highest BCUT2D eigenvalue weighted by atomic mass is 35.5. The lowest BCUT2D eigenvalue weighted by Crippen LogP contribution is -2.40. The van der Waals surface area contributed by atoms with Gasteiger partial charge >= 0.3 is 0 Å². The first kappa shape index (κ1) is 17.9. The summed E-state index contributed by atoms with van der Waals surface area (Å²) in [6.07, 6.45) is 4.74. The Bertz CT molecular complexity index is 609. The van der Waals surface area contributed by atoms with Crippen LogP contribution in [0.5, 0.6) is 0 Å². The molecule has 3 N–H and O–H groups in total. The van der Waals surface area contributed by atoms with Crippen LogP contribution < -0.4 is 11.1 Å². The molecule has 0 bridgehead atoms. The molecule has 1 aliphatic carbocycles. The summed E-state index contributed by atoms with van der Waals surface area (Å²) < 4.78 is 5.19. The number of amides is 1. The average molecular weight is 357 g/mol. The van der Waals surface area contributed by atoms with Gasteiger partial charge in [0.2, 0.25) is 17.6 Å². The van der Waals surface area contributed by atoms with Crippen LogP contribution in [0.25, 0.3) is 10.7 Å². The van der Waals surface area contributed by atoms with Crippen LogP contribution in [0.3, 0.4) is 0 Å². The number of carbonyl (C=O) groups is 1. The molecule has 2 aromatic rings. The van der Waals surface area contributed by atoms with Crippen LogP contribution in [-0.4, -0.2) is 28.1 Å². The van der Waals surface area contributed by atoms with Crippen LogP contribution >= 0.6 is 23.7 Å². The van der Waals surface area contributed by atoms with E-state index < -0.39 is 0 Å². The molecular weight excluding hydrogens is 336 g/mol. The summed E-state index contributed by atoms with van der Waals surface area (Å²) in [6.45, 7) is 0. The monoisotopic (exact) mass is 356 g/mol. The molecule has 2 aromatic heterocycles. The molecule has 6 nitrogen and oxygen atoms in total. The Labute approximate surface area is 145 Å². The first-order valence-electron chi connectivity index (χ1n) is 7.62. The number of carbonyl (C=O) groups excluding carboxylic acids is 1. The maximum absolute atomic E-state index is 12.0. The molecule has 1 fully saturated rings. The molecule has 1 amide bonds. The highest BCUT2D eigenvalue weighted by Gasteiger charge is 2.20. The van der Waals surface area contributed by atoms with Gasteiger partial charge in [-0.25, -0.2) is 0 Å². The number of nitrogens with one attached hydrogen (secondary N) is 1. The largest absolute Gasteiger partial charge is 0.353 e. The maximum Gasteiger partial charge on any atom is 0.227 e. The van der Waals surface area contributed by atoms with Crippen LogP contribution in [0.15, 0.2) is 22.0 Å². The average Bonchev–Trinajstić information content (AvgIpc) is 3.18. The number of nitrogens with two attached hydrogens (primary N) is 1. The molecule has 0 unspecified atom stereocenters. The number of aryl methyl sites for hydroxylation is 1. The van der Waals surface area contributed by atoms with Crippen molar-refractivity contribution in [2.45, 2.75) is 50.6 Å². The SMILES string of the molecule is Cl.NC1CCC(NC(=O)CCc2nc(-c3cccs3)no2)CC1. The lowest BCUT2D eigenvalue weighted by atomic mass is 9.92. The summed E-state index contributed by atoms with van der Waals surface area (Å²) in [5, 5.41) is 8.97. The normalized spacial score (nSPS) is 20.7. The zero-order valence-corrected chi connectivity index (χ0v) is 14.4. The van der Waals surface area contributed by atoms with Gasteiger partial charge in [-0.1, -0.05) is 11.2 Å². The van der Waals surface area contributed by atoms with E-state index in [2.05, 4.69) is 15.5 Å². The van der Waals surface area contributed by atoms with Crippen LogP contribution in [0.1, 0.15) is 38.0 Å². The summed E-state index contributed by atoms with van der Waals surface area (Å²) >= 11 is 1.56. The molecule has 0 aromatic carbocycles. The molecule has 1 aliphatic rings. The second-order valence-electron chi connectivity index (χ2n) is 5.67. The molecule has 0 atom stereocenters. The molecule has 0 aliphatic heterocycles. The smallest absolute Gasteiger partial charge is 0.227 e. The Balaban J connectivity index is 0.00000192. The predicted molar refractivity (Wildman–Crippen MR) is 91.6 cm³/mol. The summed E-state index contributed by atoms with van der Waals surface area (Å²) in [7, 11) is 0. The molecule has 23 heavy (non-hydrogen) atoms. The van der Waals surface area contributed by atoms with Crippen LogP contribution in [0.4, 0.5) is 0 Å². The third-order valence-electron chi connectivity index (χ3n) is 3.91. The number of hydrogen-bond acceptors (Lipinski definition) is 6. The van der Waals surface area contributed by atoms with Crippen molar-refractivity contribution in [3.05, 3.63) is 23.4 Å². The minimum Gasteiger partial charge on any atom is -0.353 e. The number of aromatic nitrogens is 2. The topological polar surface area (TPSA) is 94.0 Å². The van der Waals surface area contributed by atoms with Gasteiger partial charge in [-0.3, -0.25) is 4.79 Å². The molecule has 0 saturated heterocycles. The van der Waals surface area contributed by atoms with Gasteiger partial charge in [0.05, 0.1) is 4.88 Å². The van der Waals surface area contributed by atoms with Gasteiger partial charge in [-0.15, -0.1) is 23.7 Å². The third kappa shape index (κ3) is 5.02. The molecule has 126 valence electrons. The quantitative estimate of drug-likeness (QED) is 0.858. The summed E-state index contributed by atoms with van der Waals surface area (Å²) in [6, 6.07) is 4.44. The van der Waals surface area contributed by atoms with E-state index in [1.807, 2.05) is 17.5 Å². The van der Waals surface area contributed by atoms with Crippen molar-refractivity contribution in [2.75, 3.05) is 0 Å². The molecule has 8 heteroatoms. The van der Waals surface area contributed by atoms with Crippen LogP contribution in [-0.2, 0) is 11.2 Å². The van der Waals surface area contributed by atoms with Crippen molar-refractivity contribution in [3.8, 4) is 10.7 Å². The zero-order chi connectivity index (χ0) is 15.4. The lowest BCUT2D eigenvalue weighted by molar-refractivity contribution is -0.122. The highest BCUT2D eigenvalue weighted by molar-refractivity contribution is 7.13. The van der Waals surface area contributed by atoms with E-state index in [1.54, 1.807) is 11.3 Å². The van der Waals surface area contributed by atoms with Gasteiger partial charge in [0.25, 0.3) is 0 Å². The number of thiophene rings is 1. The summed E-state index contributed by atoms with van der Waals surface area (Å²) in [4.78, 5) is 17.3. The zero-order valence-electron chi connectivity index (χ0n) is 12.7. The Morgan fingerprint density at radius 2 is 2.17 bits per heavy atom. The number of rotatable bonds is 5. The number of halogens is 1. The van der Waals surface area contributed by atoms with E-state index in [1.165, 1.54) is 0 Å². The van der Waals surface area contributed by atoms with E-state index in [9.17, 15) is 4.79 Å². The van der Waals surface area contributed by atoms with Gasteiger partial charge in [0, 0.05) is 24.9 Å². The lowest BCUT2D eigenvalue weighted by Gasteiger charge is -2.26. The van der Waals surface area contributed by atoms with Crippen LogP contribution in [0, 0.1) is 0 Å². The minimum atomic E-state index is 0. The number of nitrogens with zero attached hydrogens (tertiary/aromatic N) is 2. The van der Waals surface area contributed by atoms with Crippen LogP contribution in [0.2, 0.25) is 0 Å². The van der Waals surface area contributed by atoms with Gasteiger partial charge < -0.3 is 15.6 Å². The molecule has 1 saturated carbocycles. The summed E-state index contributed by atoms with van der Waals surface area (Å²) in [5.74, 6) is 1.13. The second-order valence-corrected chi connectivity index (χ2v) is 6.62. The first-order valence-corrected chi connectivity index (χ1v) is 8.50. The molecule has 3 rings (SSSR count). The molecule has 0 radical (unpaired) electrons. The van der Waals surface area contributed by atoms with E-state index in [0.29, 0.717) is 30.6 Å². The van der Waals surface area contributed by atoms with Gasteiger partial charge in [-0.05, 0) is 37.1 Å². The maximum atomic E-state index is 12.0.